The second kappa shape index (κ2) is 5.89. The van der Waals surface area contributed by atoms with Gasteiger partial charge in [-0.3, -0.25) is 0 Å². The van der Waals surface area contributed by atoms with E-state index in [1.54, 1.807) is 6.07 Å². The molecule has 1 N–H and O–H groups in total. The zero-order valence-corrected chi connectivity index (χ0v) is 11.7. The number of benzene rings is 1. The lowest BCUT2D eigenvalue weighted by Gasteiger charge is -2.23. The SMILES string of the molecule is CCCn1c(CC2COCCN2)nc2c(F)cccc21. The van der Waals surface area contributed by atoms with E-state index in [0.29, 0.717) is 12.1 Å². The monoisotopic (exact) mass is 277 g/mol. The van der Waals surface area contributed by atoms with Gasteiger partial charge in [0.05, 0.1) is 18.7 Å². The van der Waals surface area contributed by atoms with Crippen molar-refractivity contribution in [2.24, 2.45) is 0 Å². The fourth-order valence-electron chi connectivity index (χ4n) is 2.76. The van der Waals surface area contributed by atoms with Gasteiger partial charge < -0.3 is 14.6 Å². The summed E-state index contributed by atoms with van der Waals surface area (Å²) in [5.74, 6) is 0.696. The summed E-state index contributed by atoms with van der Waals surface area (Å²) in [6, 6.07) is 5.42. The molecule has 20 heavy (non-hydrogen) atoms. The summed E-state index contributed by atoms with van der Waals surface area (Å²) in [5, 5.41) is 3.42. The average Bonchev–Trinajstić information content (AvgIpc) is 2.80. The lowest BCUT2D eigenvalue weighted by atomic mass is 10.2. The molecule has 1 unspecified atom stereocenters. The molecule has 108 valence electrons. The van der Waals surface area contributed by atoms with Crippen LogP contribution in [0.5, 0.6) is 0 Å². The molecule has 4 nitrogen and oxygen atoms in total. The number of imidazole rings is 1. The van der Waals surface area contributed by atoms with Crippen LogP contribution in [0.3, 0.4) is 0 Å². The number of morpholine rings is 1. The van der Waals surface area contributed by atoms with Gasteiger partial charge in [0.1, 0.15) is 11.3 Å². The van der Waals surface area contributed by atoms with Crippen molar-refractivity contribution in [3.63, 3.8) is 0 Å². The largest absolute Gasteiger partial charge is 0.379 e. The number of halogens is 1. The van der Waals surface area contributed by atoms with Gasteiger partial charge in [0.25, 0.3) is 0 Å². The minimum Gasteiger partial charge on any atom is -0.379 e. The number of para-hydroxylation sites is 1. The molecule has 0 bridgehead atoms. The molecule has 1 aromatic carbocycles. The number of aromatic nitrogens is 2. The Hall–Kier alpha value is -1.46. The molecule has 5 heteroatoms. The fraction of sp³-hybridized carbons (Fsp3) is 0.533. The van der Waals surface area contributed by atoms with E-state index in [1.165, 1.54) is 6.07 Å². The van der Waals surface area contributed by atoms with Gasteiger partial charge in [0.15, 0.2) is 5.82 Å². The van der Waals surface area contributed by atoms with E-state index in [9.17, 15) is 4.39 Å². The molecular weight excluding hydrogens is 257 g/mol. The Morgan fingerprint density at radius 3 is 3.15 bits per heavy atom. The highest BCUT2D eigenvalue weighted by molar-refractivity contribution is 5.76. The van der Waals surface area contributed by atoms with Gasteiger partial charge >= 0.3 is 0 Å². The summed E-state index contributed by atoms with van der Waals surface area (Å²) in [6.45, 7) is 5.31. The van der Waals surface area contributed by atoms with E-state index >= 15 is 0 Å². The predicted molar refractivity (Wildman–Crippen MR) is 76.3 cm³/mol. The van der Waals surface area contributed by atoms with Crippen molar-refractivity contribution in [1.82, 2.24) is 14.9 Å². The van der Waals surface area contributed by atoms with E-state index < -0.39 is 0 Å². The number of fused-ring (bicyclic) bond motifs is 1. The van der Waals surface area contributed by atoms with Crippen molar-refractivity contribution in [2.45, 2.75) is 32.4 Å². The standard InChI is InChI=1S/C15H20FN3O/c1-2-7-19-13-5-3-4-12(16)15(13)18-14(19)9-11-10-20-8-6-17-11/h3-5,11,17H,2,6-10H2,1H3. The number of aryl methyl sites for hydroxylation is 1. The number of nitrogens with zero attached hydrogens (tertiary/aromatic N) is 2. The Labute approximate surface area is 117 Å². The first kappa shape index (κ1) is 13.5. The Bertz CT molecular complexity index is 590. The van der Waals surface area contributed by atoms with E-state index in [1.807, 2.05) is 6.07 Å². The second-order valence-electron chi connectivity index (χ2n) is 5.22. The first-order valence-electron chi connectivity index (χ1n) is 7.24. The van der Waals surface area contributed by atoms with Crippen LogP contribution in [-0.2, 0) is 17.7 Å². The highest BCUT2D eigenvalue weighted by Gasteiger charge is 2.19. The predicted octanol–water partition coefficient (Wildman–Crippen LogP) is 2.12. The molecule has 0 radical (unpaired) electrons. The van der Waals surface area contributed by atoms with Gasteiger partial charge in [0, 0.05) is 25.6 Å². The van der Waals surface area contributed by atoms with E-state index in [4.69, 9.17) is 4.74 Å². The number of ether oxygens (including phenoxy) is 1. The minimum atomic E-state index is -0.244. The van der Waals surface area contributed by atoms with Crippen LogP contribution in [-0.4, -0.2) is 35.4 Å². The molecule has 0 amide bonds. The normalized spacial score (nSPS) is 19.6. The lowest BCUT2D eigenvalue weighted by Crippen LogP contribution is -2.43. The summed E-state index contributed by atoms with van der Waals surface area (Å²) in [4.78, 5) is 4.52. The highest BCUT2D eigenvalue weighted by Crippen LogP contribution is 2.20. The van der Waals surface area contributed by atoms with Crippen molar-refractivity contribution >= 4 is 11.0 Å². The maximum absolute atomic E-state index is 13.9. The molecule has 1 aliphatic heterocycles. The van der Waals surface area contributed by atoms with Crippen LogP contribution in [0, 0.1) is 5.82 Å². The quantitative estimate of drug-likeness (QED) is 0.930. The lowest BCUT2D eigenvalue weighted by molar-refractivity contribution is 0.0761. The molecule has 1 atom stereocenters. The maximum Gasteiger partial charge on any atom is 0.151 e. The molecule has 0 spiro atoms. The maximum atomic E-state index is 13.9. The molecule has 0 saturated carbocycles. The molecule has 0 aliphatic carbocycles. The molecule has 3 rings (SSSR count). The topological polar surface area (TPSA) is 39.1 Å². The Kier molecular flexibility index (Phi) is 3.98. The fourth-order valence-corrected chi connectivity index (χ4v) is 2.76. The molecule has 2 heterocycles. The number of hydrogen-bond acceptors (Lipinski definition) is 3. The highest BCUT2D eigenvalue weighted by atomic mass is 19.1. The zero-order chi connectivity index (χ0) is 13.9. The number of rotatable bonds is 4. The summed E-state index contributed by atoms with van der Waals surface area (Å²) in [7, 11) is 0. The van der Waals surface area contributed by atoms with Crippen LogP contribution in [0.2, 0.25) is 0 Å². The molecular formula is C15H20FN3O. The van der Waals surface area contributed by atoms with Crippen LogP contribution in [0.4, 0.5) is 4.39 Å². The van der Waals surface area contributed by atoms with Gasteiger partial charge in [0.2, 0.25) is 0 Å². The number of hydrogen-bond donors (Lipinski definition) is 1. The molecule has 1 saturated heterocycles. The Balaban J connectivity index is 1.95. The minimum absolute atomic E-state index is 0.244. The third-order valence-corrected chi connectivity index (χ3v) is 3.68. The summed E-state index contributed by atoms with van der Waals surface area (Å²) in [6.07, 6.45) is 1.78. The summed E-state index contributed by atoms with van der Waals surface area (Å²) >= 11 is 0. The zero-order valence-electron chi connectivity index (χ0n) is 11.7. The van der Waals surface area contributed by atoms with Crippen molar-refractivity contribution in [3.8, 4) is 0 Å². The average molecular weight is 277 g/mol. The smallest absolute Gasteiger partial charge is 0.151 e. The molecule has 1 fully saturated rings. The van der Waals surface area contributed by atoms with Crippen molar-refractivity contribution in [2.75, 3.05) is 19.8 Å². The first-order chi connectivity index (χ1) is 9.79. The van der Waals surface area contributed by atoms with Crippen LogP contribution < -0.4 is 5.32 Å². The molecule has 1 aliphatic rings. The Morgan fingerprint density at radius 1 is 1.50 bits per heavy atom. The van der Waals surface area contributed by atoms with Gasteiger partial charge in [-0.2, -0.15) is 0 Å². The summed E-state index contributed by atoms with van der Waals surface area (Å²) < 4.78 is 21.5. The van der Waals surface area contributed by atoms with Gasteiger partial charge in [-0.05, 0) is 18.6 Å². The van der Waals surface area contributed by atoms with Crippen molar-refractivity contribution in [1.29, 1.82) is 0 Å². The van der Waals surface area contributed by atoms with Gasteiger partial charge in [-0.1, -0.05) is 13.0 Å². The summed E-state index contributed by atoms with van der Waals surface area (Å²) in [5.41, 5.74) is 1.37. The van der Waals surface area contributed by atoms with Crippen LogP contribution in [0.15, 0.2) is 18.2 Å². The van der Waals surface area contributed by atoms with Crippen LogP contribution >= 0.6 is 0 Å². The van der Waals surface area contributed by atoms with Crippen molar-refractivity contribution < 1.29 is 9.13 Å². The van der Waals surface area contributed by atoms with Crippen LogP contribution in [0.25, 0.3) is 11.0 Å². The van der Waals surface area contributed by atoms with E-state index in [-0.39, 0.29) is 11.9 Å². The van der Waals surface area contributed by atoms with Gasteiger partial charge in [-0.25, -0.2) is 9.37 Å². The molecule has 2 aromatic rings. The second-order valence-corrected chi connectivity index (χ2v) is 5.22. The van der Waals surface area contributed by atoms with E-state index in [2.05, 4.69) is 21.8 Å². The van der Waals surface area contributed by atoms with Crippen LogP contribution in [0.1, 0.15) is 19.2 Å². The van der Waals surface area contributed by atoms with Gasteiger partial charge in [-0.15, -0.1) is 0 Å². The number of nitrogens with one attached hydrogen (secondary N) is 1. The van der Waals surface area contributed by atoms with Crippen molar-refractivity contribution in [3.05, 3.63) is 29.8 Å². The van der Waals surface area contributed by atoms with E-state index in [0.717, 1.165) is 43.9 Å². The molecule has 1 aromatic heterocycles. The third kappa shape index (κ3) is 2.55. The third-order valence-electron chi connectivity index (χ3n) is 3.68. The Morgan fingerprint density at radius 2 is 2.40 bits per heavy atom. The first-order valence-corrected chi connectivity index (χ1v) is 7.24.